The van der Waals surface area contributed by atoms with Gasteiger partial charge in [0.2, 0.25) is 0 Å². The lowest BCUT2D eigenvalue weighted by Crippen LogP contribution is -2.67. The van der Waals surface area contributed by atoms with Crippen molar-refractivity contribution in [3.8, 4) is 0 Å². The fraction of sp³-hybridized carbons (Fsp3) is 0.737. The number of hydrogen-bond acceptors (Lipinski definition) is 6. The maximum Gasteiger partial charge on any atom is 0.353 e. The highest BCUT2D eigenvalue weighted by molar-refractivity contribution is 8.03. The molecule has 1 spiro atoms. The maximum atomic E-state index is 12.4. The van der Waals surface area contributed by atoms with E-state index in [2.05, 4.69) is 10.2 Å². The number of nitrogens with one attached hydrogen (secondary N) is 2. The number of ether oxygens (including phenoxy) is 1. The summed E-state index contributed by atoms with van der Waals surface area (Å²) in [6.07, 6.45) is 4.30. The second-order valence-electron chi connectivity index (χ2n) is 8.87. The molecule has 9 nitrogen and oxygen atoms in total. The Labute approximate surface area is 173 Å². The van der Waals surface area contributed by atoms with Crippen molar-refractivity contribution in [1.29, 1.82) is 5.41 Å². The number of fused-ring (bicyclic) bond motifs is 2. The molecular formula is C19H27N5O4S. The molecule has 4 aliphatic heterocycles. The van der Waals surface area contributed by atoms with E-state index in [1.165, 1.54) is 4.90 Å². The molecule has 5 N–H and O–H groups in total. The average molecular weight is 422 g/mol. The van der Waals surface area contributed by atoms with E-state index in [0.717, 1.165) is 43.7 Å². The van der Waals surface area contributed by atoms with E-state index in [4.69, 9.17) is 15.9 Å². The molecule has 4 fully saturated rings. The third-order valence-electron chi connectivity index (χ3n) is 7.05. The first-order valence-electron chi connectivity index (χ1n) is 10.3. The van der Waals surface area contributed by atoms with Crippen LogP contribution in [0, 0.1) is 11.3 Å². The number of hydrogen-bond donors (Lipinski definition) is 4. The largest absolute Gasteiger partial charge is 0.477 e. The summed E-state index contributed by atoms with van der Waals surface area (Å²) >= 11 is 1.63. The number of guanidine groups is 1. The number of nitrogens with zero attached hydrogens (tertiary/aromatic N) is 2. The summed E-state index contributed by atoms with van der Waals surface area (Å²) in [5.41, 5.74) is 4.91. The lowest BCUT2D eigenvalue weighted by molar-refractivity contribution is -0.158. The number of amides is 1. The summed E-state index contributed by atoms with van der Waals surface area (Å²) in [5, 5.41) is 20.6. The zero-order chi connectivity index (χ0) is 20.5. The second-order valence-corrected chi connectivity index (χ2v) is 10.2. The van der Waals surface area contributed by atoms with Gasteiger partial charge in [-0.1, -0.05) is 6.92 Å². The predicted molar refractivity (Wildman–Crippen MR) is 107 cm³/mol. The van der Waals surface area contributed by atoms with Gasteiger partial charge in [-0.3, -0.25) is 20.0 Å². The van der Waals surface area contributed by atoms with Crippen molar-refractivity contribution < 1.29 is 19.4 Å². The number of rotatable bonds is 5. The quantitative estimate of drug-likeness (QED) is 0.213. The van der Waals surface area contributed by atoms with Crippen LogP contribution in [0.3, 0.4) is 0 Å². The predicted octanol–water partition coefficient (Wildman–Crippen LogP) is 0.124. The molecule has 5 atom stereocenters. The van der Waals surface area contributed by atoms with Crippen molar-refractivity contribution >= 4 is 29.6 Å². The molecule has 5 unspecified atom stereocenters. The van der Waals surface area contributed by atoms with Crippen LogP contribution in [0.4, 0.5) is 0 Å². The first kappa shape index (κ1) is 19.2. The maximum absolute atomic E-state index is 12.4. The molecule has 29 heavy (non-hydrogen) atoms. The monoisotopic (exact) mass is 421 g/mol. The van der Waals surface area contributed by atoms with Gasteiger partial charge in [-0.2, -0.15) is 0 Å². The molecule has 0 aromatic rings. The summed E-state index contributed by atoms with van der Waals surface area (Å²) in [4.78, 5) is 29.1. The van der Waals surface area contributed by atoms with Crippen molar-refractivity contribution in [3.05, 3.63) is 10.6 Å². The van der Waals surface area contributed by atoms with E-state index < -0.39 is 11.6 Å². The van der Waals surface area contributed by atoms with Crippen LogP contribution < -0.4 is 11.1 Å². The first-order valence-corrected chi connectivity index (χ1v) is 11.2. The Bertz CT molecular complexity index is 806. The fourth-order valence-corrected chi connectivity index (χ4v) is 7.09. The summed E-state index contributed by atoms with van der Waals surface area (Å²) in [6.45, 7) is 4.27. The zero-order valence-corrected chi connectivity index (χ0v) is 17.2. The number of carbonyl (C=O) groups excluding carboxylic acids is 1. The SMILES string of the molecule is CC1C(SC2CN(C3CCCC(NC(=N)N)C3)C2)=C(C(=O)O)N2C(=O)C3(CO3)C12. The molecule has 1 amide bonds. The lowest BCUT2D eigenvalue weighted by Gasteiger charge is -2.47. The molecule has 5 aliphatic rings. The molecule has 1 aliphatic carbocycles. The highest BCUT2D eigenvalue weighted by Gasteiger charge is 2.76. The molecule has 3 saturated heterocycles. The summed E-state index contributed by atoms with van der Waals surface area (Å²) in [5.74, 6) is -1.18. The Kier molecular flexibility index (Phi) is 4.38. The molecule has 0 bridgehead atoms. The normalized spacial score (nSPS) is 39.2. The van der Waals surface area contributed by atoms with Gasteiger partial charge in [-0.15, -0.1) is 11.8 Å². The van der Waals surface area contributed by atoms with Gasteiger partial charge >= 0.3 is 5.97 Å². The first-order chi connectivity index (χ1) is 13.8. The Morgan fingerprint density at radius 3 is 2.76 bits per heavy atom. The van der Waals surface area contributed by atoms with Crippen molar-refractivity contribution in [3.63, 3.8) is 0 Å². The number of carbonyl (C=O) groups is 2. The summed E-state index contributed by atoms with van der Waals surface area (Å²) in [6, 6.07) is 0.589. The number of likely N-dealkylation sites (tertiary alicyclic amines) is 1. The van der Waals surface area contributed by atoms with Crippen molar-refractivity contribution in [2.45, 2.75) is 61.6 Å². The van der Waals surface area contributed by atoms with E-state index >= 15 is 0 Å². The van der Waals surface area contributed by atoms with Crippen LogP contribution in [0.15, 0.2) is 10.6 Å². The van der Waals surface area contributed by atoms with E-state index in [1.54, 1.807) is 11.8 Å². The van der Waals surface area contributed by atoms with Crippen molar-refractivity contribution in [1.82, 2.24) is 15.1 Å². The van der Waals surface area contributed by atoms with Gasteiger partial charge < -0.3 is 20.9 Å². The number of nitrogens with two attached hydrogens (primary N) is 1. The van der Waals surface area contributed by atoms with Crippen LogP contribution in [0.25, 0.3) is 0 Å². The molecule has 0 radical (unpaired) electrons. The number of β-lactam (4-membered cyclic amide) rings is 1. The second kappa shape index (κ2) is 6.61. The minimum Gasteiger partial charge on any atom is -0.477 e. The smallest absolute Gasteiger partial charge is 0.353 e. The molecule has 5 rings (SSSR count). The van der Waals surface area contributed by atoms with Crippen LogP contribution in [-0.4, -0.2) is 81.4 Å². The van der Waals surface area contributed by atoms with Crippen molar-refractivity contribution in [2.75, 3.05) is 19.7 Å². The van der Waals surface area contributed by atoms with Crippen LogP contribution >= 0.6 is 11.8 Å². The number of carboxylic acid groups (broad SMARTS) is 1. The van der Waals surface area contributed by atoms with E-state index in [9.17, 15) is 14.7 Å². The Hall–Kier alpha value is -1.78. The molecule has 1 saturated carbocycles. The molecule has 10 heteroatoms. The van der Waals surface area contributed by atoms with Crippen LogP contribution in [-0.2, 0) is 14.3 Å². The molecule has 158 valence electrons. The fourth-order valence-electron chi connectivity index (χ4n) is 5.56. The summed E-state index contributed by atoms with van der Waals surface area (Å²) in [7, 11) is 0. The van der Waals surface area contributed by atoms with Gasteiger partial charge in [0.05, 0.1) is 12.6 Å². The Morgan fingerprint density at radius 2 is 2.14 bits per heavy atom. The standard InChI is InChI=1S/C19H27N5O4S/c1-9-14(13(16(25)26)24-15(9)19(8-28-19)17(24)27)29-12-6-23(7-12)11-4-2-3-10(5-11)22-18(20)21/h9-12,15H,2-8H2,1H3,(H,25,26)(H4,20,21,22). The Balaban J connectivity index is 1.22. The van der Waals surface area contributed by atoms with E-state index in [1.807, 2.05) is 6.92 Å². The van der Waals surface area contributed by atoms with Crippen LogP contribution in [0.2, 0.25) is 0 Å². The number of aliphatic carboxylic acids is 1. The van der Waals surface area contributed by atoms with Gasteiger partial charge in [0.1, 0.15) is 5.70 Å². The van der Waals surface area contributed by atoms with Crippen molar-refractivity contribution in [2.24, 2.45) is 11.7 Å². The average Bonchev–Trinajstić information content (AvgIpc) is 3.39. The van der Waals surface area contributed by atoms with Crippen LogP contribution in [0.1, 0.15) is 32.6 Å². The van der Waals surface area contributed by atoms with Gasteiger partial charge in [0, 0.05) is 41.2 Å². The lowest BCUT2D eigenvalue weighted by atomic mass is 9.82. The van der Waals surface area contributed by atoms with Crippen LogP contribution in [0.5, 0.6) is 0 Å². The molecule has 0 aromatic heterocycles. The third-order valence-corrected chi connectivity index (χ3v) is 8.50. The number of epoxide rings is 1. The zero-order valence-electron chi connectivity index (χ0n) is 16.4. The van der Waals surface area contributed by atoms with E-state index in [-0.39, 0.29) is 35.6 Å². The van der Waals surface area contributed by atoms with E-state index in [0.29, 0.717) is 17.9 Å². The highest BCUT2D eigenvalue weighted by atomic mass is 32.2. The van der Waals surface area contributed by atoms with Gasteiger partial charge in [-0.25, -0.2) is 4.79 Å². The van der Waals surface area contributed by atoms with Gasteiger partial charge in [-0.05, 0) is 25.7 Å². The highest BCUT2D eigenvalue weighted by Crippen LogP contribution is 2.58. The third kappa shape index (κ3) is 2.87. The number of thioether (sulfide) groups is 1. The summed E-state index contributed by atoms with van der Waals surface area (Å²) < 4.78 is 5.43. The topological polar surface area (TPSA) is 135 Å². The Morgan fingerprint density at radius 1 is 1.41 bits per heavy atom. The minimum absolute atomic E-state index is 0.000762. The van der Waals surface area contributed by atoms with Gasteiger partial charge in [0.25, 0.3) is 5.91 Å². The molecular weight excluding hydrogens is 394 g/mol. The number of carboxylic acids is 1. The molecule has 0 aromatic carbocycles. The molecule has 4 heterocycles. The minimum atomic E-state index is -1.02. The van der Waals surface area contributed by atoms with Gasteiger partial charge in [0.15, 0.2) is 11.6 Å².